The second-order valence-corrected chi connectivity index (χ2v) is 8.52. The van der Waals surface area contributed by atoms with Crippen molar-refractivity contribution < 1.29 is 14.3 Å². The lowest BCUT2D eigenvalue weighted by atomic mass is 9.86. The number of hydrogen-bond donors (Lipinski definition) is 2. The molecule has 1 aliphatic rings. The zero-order valence-corrected chi connectivity index (χ0v) is 19.0. The van der Waals surface area contributed by atoms with Crippen LogP contribution in [0.25, 0.3) is 0 Å². The summed E-state index contributed by atoms with van der Waals surface area (Å²) in [5.41, 5.74) is 3.33. The van der Waals surface area contributed by atoms with Gasteiger partial charge in [0.05, 0.1) is 19.3 Å². The highest BCUT2D eigenvalue weighted by molar-refractivity contribution is 7.98. The van der Waals surface area contributed by atoms with E-state index in [2.05, 4.69) is 39.6 Å². The summed E-state index contributed by atoms with van der Waals surface area (Å²) in [5, 5.41) is 3.24. The molecule has 2 heterocycles. The van der Waals surface area contributed by atoms with E-state index in [0.717, 1.165) is 11.1 Å². The van der Waals surface area contributed by atoms with Crippen LogP contribution in [0, 0.1) is 6.92 Å². The highest BCUT2D eigenvalue weighted by Crippen LogP contribution is 2.38. The minimum absolute atomic E-state index is 0.157. The van der Waals surface area contributed by atoms with E-state index in [-0.39, 0.29) is 17.9 Å². The Morgan fingerprint density at radius 2 is 1.91 bits per heavy atom. The first kappa shape index (κ1) is 22.0. The van der Waals surface area contributed by atoms with E-state index < -0.39 is 5.92 Å². The first-order valence-electron chi connectivity index (χ1n) is 10.4. The molecule has 0 aliphatic carbocycles. The van der Waals surface area contributed by atoms with Crippen molar-refractivity contribution in [2.24, 2.45) is 0 Å². The van der Waals surface area contributed by atoms with Crippen LogP contribution in [-0.4, -0.2) is 29.6 Å². The second-order valence-electron chi connectivity index (χ2n) is 7.56. The summed E-state index contributed by atoms with van der Waals surface area (Å²) in [5.74, 6) is 1.56. The van der Waals surface area contributed by atoms with E-state index in [0.29, 0.717) is 40.4 Å². The lowest BCUT2D eigenvalue weighted by molar-refractivity contribution is -0.116. The number of nitrogens with zero attached hydrogens (tertiary/aromatic N) is 1. The number of rotatable bonds is 7. The fourth-order valence-electron chi connectivity index (χ4n) is 3.72. The largest absolute Gasteiger partial charge is 0.493 e. The molecule has 0 spiro atoms. The first-order valence-corrected chi connectivity index (χ1v) is 11.4. The molecule has 0 bridgehead atoms. The van der Waals surface area contributed by atoms with Crippen molar-refractivity contribution in [3.8, 4) is 11.5 Å². The fraction of sp³-hybridized carbons (Fsp3) is 0.292. The number of amides is 1. The number of carbonyl (C=O) groups is 1. The van der Waals surface area contributed by atoms with E-state index >= 15 is 0 Å². The molecule has 2 aromatic carbocycles. The summed E-state index contributed by atoms with van der Waals surface area (Å²) in [6, 6.07) is 13.7. The molecule has 32 heavy (non-hydrogen) atoms. The van der Waals surface area contributed by atoms with E-state index in [1.807, 2.05) is 26.0 Å². The summed E-state index contributed by atoms with van der Waals surface area (Å²) in [6.45, 7) is 4.45. The van der Waals surface area contributed by atoms with Crippen molar-refractivity contribution in [3.05, 3.63) is 75.1 Å². The van der Waals surface area contributed by atoms with Crippen LogP contribution in [-0.2, 0) is 10.5 Å². The molecule has 4 rings (SSSR count). The van der Waals surface area contributed by atoms with Crippen LogP contribution in [0.2, 0.25) is 0 Å². The van der Waals surface area contributed by atoms with Gasteiger partial charge in [0.2, 0.25) is 5.91 Å². The Morgan fingerprint density at radius 1 is 1.12 bits per heavy atom. The molecule has 1 amide bonds. The molecular weight excluding hydrogens is 426 g/mol. The summed E-state index contributed by atoms with van der Waals surface area (Å²) in [4.78, 5) is 32.9. The van der Waals surface area contributed by atoms with Crippen LogP contribution in [0.15, 0.2) is 52.4 Å². The summed E-state index contributed by atoms with van der Waals surface area (Å²) < 4.78 is 11.0. The van der Waals surface area contributed by atoms with Crippen molar-refractivity contribution in [2.45, 2.75) is 37.1 Å². The highest BCUT2D eigenvalue weighted by Gasteiger charge is 2.31. The van der Waals surface area contributed by atoms with Crippen molar-refractivity contribution in [2.75, 3.05) is 19.0 Å². The van der Waals surface area contributed by atoms with Gasteiger partial charge in [-0.05, 0) is 37.1 Å². The number of carbonyl (C=O) groups excluding carboxylic acids is 1. The molecule has 0 saturated heterocycles. The molecule has 0 fully saturated rings. The molecule has 166 valence electrons. The molecule has 2 N–H and O–H groups in total. The Bertz CT molecular complexity index is 1190. The Kier molecular flexibility index (Phi) is 6.50. The van der Waals surface area contributed by atoms with Crippen molar-refractivity contribution in [3.63, 3.8) is 0 Å². The molecule has 8 heteroatoms. The lowest BCUT2D eigenvalue weighted by Gasteiger charge is -2.25. The summed E-state index contributed by atoms with van der Waals surface area (Å²) >= 11 is 1.42. The average molecular weight is 452 g/mol. The Hall–Kier alpha value is -3.26. The number of aromatic nitrogens is 2. The average Bonchev–Trinajstić information content (AvgIpc) is 2.78. The van der Waals surface area contributed by atoms with Gasteiger partial charge in [-0.2, -0.15) is 0 Å². The molecule has 1 atom stereocenters. The van der Waals surface area contributed by atoms with Crippen molar-refractivity contribution in [1.82, 2.24) is 9.97 Å². The van der Waals surface area contributed by atoms with Crippen LogP contribution >= 0.6 is 11.8 Å². The molecular formula is C24H25N3O4S. The molecule has 1 aromatic heterocycles. The van der Waals surface area contributed by atoms with E-state index in [1.165, 1.54) is 17.3 Å². The Morgan fingerprint density at radius 3 is 2.62 bits per heavy atom. The minimum atomic E-state index is -0.421. The van der Waals surface area contributed by atoms with Gasteiger partial charge in [-0.25, -0.2) is 4.98 Å². The third-order valence-electron chi connectivity index (χ3n) is 5.32. The third-order valence-corrected chi connectivity index (χ3v) is 6.26. The fourth-order valence-corrected chi connectivity index (χ4v) is 4.53. The zero-order valence-electron chi connectivity index (χ0n) is 18.2. The maximum atomic E-state index is 13.0. The van der Waals surface area contributed by atoms with Crippen LogP contribution in [0.3, 0.4) is 0 Å². The number of aromatic amines is 1. The number of benzene rings is 2. The van der Waals surface area contributed by atoms with Gasteiger partial charge in [0.15, 0.2) is 16.7 Å². The zero-order chi connectivity index (χ0) is 22.7. The molecule has 7 nitrogen and oxygen atoms in total. The van der Waals surface area contributed by atoms with Gasteiger partial charge in [-0.15, -0.1) is 0 Å². The maximum Gasteiger partial charge on any atom is 0.257 e. The summed E-state index contributed by atoms with van der Waals surface area (Å²) in [7, 11) is 1.56. The van der Waals surface area contributed by atoms with Crippen LogP contribution in [0.1, 0.15) is 41.5 Å². The van der Waals surface area contributed by atoms with Crippen LogP contribution in [0.5, 0.6) is 11.5 Å². The van der Waals surface area contributed by atoms with Gasteiger partial charge in [-0.3, -0.25) is 9.59 Å². The topological polar surface area (TPSA) is 93.3 Å². The molecule has 3 aromatic rings. The highest BCUT2D eigenvalue weighted by atomic mass is 32.2. The number of H-pyrrole nitrogens is 1. The smallest absolute Gasteiger partial charge is 0.257 e. The molecule has 1 aliphatic heterocycles. The van der Waals surface area contributed by atoms with Gasteiger partial charge in [0.1, 0.15) is 5.82 Å². The molecule has 0 radical (unpaired) electrons. The molecule has 0 unspecified atom stereocenters. The molecule has 0 saturated carbocycles. The van der Waals surface area contributed by atoms with Crippen LogP contribution < -0.4 is 20.3 Å². The maximum absolute atomic E-state index is 13.0. The van der Waals surface area contributed by atoms with Crippen LogP contribution in [0.4, 0.5) is 5.82 Å². The van der Waals surface area contributed by atoms with E-state index in [9.17, 15) is 9.59 Å². The Labute approximate surface area is 190 Å². The normalized spacial score (nSPS) is 15.1. The van der Waals surface area contributed by atoms with Gasteiger partial charge >= 0.3 is 0 Å². The van der Waals surface area contributed by atoms with E-state index in [4.69, 9.17) is 9.47 Å². The number of fused-ring (bicyclic) bond motifs is 1. The second kappa shape index (κ2) is 9.48. The van der Waals surface area contributed by atoms with Crippen molar-refractivity contribution >= 4 is 23.5 Å². The number of nitrogens with one attached hydrogen (secondary N) is 2. The number of ether oxygens (including phenoxy) is 2. The third kappa shape index (κ3) is 4.65. The predicted molar refractivity (Wildman–Crippen MR) is 125 cm³/mol. The summed E-state index contributed by atoms with van der Waals surface area (Å²) in [6.07, 6.45) is 0.157. The SMILES string of the molecule is CCOc1ccc([C@H]2CC(=O)Nc3nc(SCc4ccc(C)cc4)[nH]c(=O)c32)cc1OC. The monoisotopic (exact) mass is 451 g/mol. The Balaban J connectivity index is 1.64. The minimum Gasteiger partial charge on any atom is -0.493 e. The van der Waals surface area contributed by atoms with Gasteiger partial charge < -0.3 is 19.8 Å². The predicted octanol–water partition coefficient (Wildman–Crippen LogP) is 4.25. The van der Waals surface area contributed by atoms with Crippen molar-refractivity contribution in [1.29, 1.82) is 0 Å². The lowest BCUT2D eigenvalue weighted by Crippen LogP contribution is -2.31. The van der Waals surface area contributed by atoms with Gasteiger partial charge in [0, 0.05) is 18.1 Å². The van der Waals surface area contributed by atoms with Gasteiger partial charge in [-0.1, -0.05) is 47.7 Å². The number of hydrogen-bond acceptors (Lipinski definition) is 6. The number of thioether (sulfide) groups is 1. The number of methoxy groups -OCH3 is 1. The number of anilines is 1. The van der Waals surface area contributed by atoms with E-state index in [1.54, 1.807) is 13.2 Å². The quantitative estimate of drug-likeness (QED) is 0.412. The van der Waals surface area contributed by atoms with Gasteiger partial charge in [0.25, 0.3) is 5.56 Å². The standard InChI is InChI=1S/C24H25N3O4S/c1-4-31-18-10-9-16(11-19(18)30-3)17-12-20(28)25-22-21(17)23(29)27-24(26-22)32-13-15-7-5-14(2)6-8-15/h5-11,17H,4,12-13H2,1-3H3,(H2,25,26,27,28,29)/t17-/m1/s1. The first-order chi connectivity index (χ1) is 15.5. The number of aryl methyl sites for hydroxylation is 1.